The first-order chi connectivity index (χ1) is 16.5. The van der Waals surface area contributed by atoms with Gasteiger partial charge in [-0.3, -0.25) is 23.8 Å². The van der Waals surface area contributed by atoms with Crippen LogP contribution in [-0.4, -0.2) is 31.8 Å². The molecule has 0 saturated carbocycles. The first kappa shape index (κ1) is 20.4. The maximum absolute atomic E-state index is 13.3. The van der Waals surface area contributed by atoms with Gasteiger partial charge in [-0.25, -0.2) is 0 Å². The number of benzene rings is 2. The molecular formula is C27H23N5O2. The van der Waals surface area contributed by atoms with Gasteiger partial charge in [-0.1, -0.05) is 19.1 Å². The van der Waals surface area contributed by atoms with E-state index in [9.17, 15) is 9.59 Å². The molecule has 0 aliphatic carbocycles. The molecule has 7 nitrogen and oxygen atoms in total. The molecule has 168 valence electrons. The highest BCUT2D eigenvalue weighted by Gasteiger charge is 2.24. The van der Waals surface area contributed by atoms with Crippen molar-refractivity contribution < 1.29 is 4.79 Å². The zero-order valence-corrected chi connectivity index (χ0v) is 19.0. The van der Waals surface area contributed by atoms with Gasteiger partial charge >= 0.3 is 0 Å². The van der Waals surface area contributed by atoms with Crippen molar-refractivity contribution in [2.45, 2.75) is 19.8 Å². The topological polar surface area (TPSA) is 73.0 Å². The largest absolute Gasteiger partial charge is 0.312 e. The molecule has 4 heterocycles. The van der Waals surface area contributed by atoms with Crippen molar-refractivity contribution in [3.63, 3.8) is 0 Å². The standard InChI is InChI=1S/C27H23N5O2/c1-3-25(33)31-11-10-17-4-7-21(13-24(17)31)32-26(34)9-6-19-14-28-23-8-5-18(12-22(23)27(19)32)20-15-29-30(2)16-20/h4-9,12-16H,3,10-11H2,1-2H3. The number of aryl methyl sites for hydroxylation is 1. The van der Waals surface area contributed by atoms with E-state index >= 15 is 0 Å². The lowest BCUT2D eigenvalue weighted by molar-refractivity contribution is -0.118. The fraction of sp³-hybridized carbons (Fsp3) is 0.185. The molecule has 0 atom stereocenters. The molecule has 2 aromatic carbocycles. The van der Waals surface area contributed by atoms with Gasteiger partial charge in [0, 0.05) is 60.5 Å². The molecule has 0 spiro atoms. The smallest absolute Gasteiger partial charge is 0.255 e. The molecule has 3 aromatic heterocycles. The Hall–Kier alpha value is -4.26. The molecule has 5 aromatic rings. The summed E-state index contributed by atoms with van der Waals surface area (Å²) in [6.07, 6.45) is 6.87. The molecule has 1 aliphatic heterocycles. The number of fused-ring (bicyclic) bond motifs is 4. The van der Waals surface area contributed by atoms with E-state index in [1.54, 1.807) is 21.5 Å². The number of nitrogens with zero attached hydrogens (tertiary/aromatic N) is 5. The van der Waals surface area contributed by atoms with Crippen LogP contribution in [0.1, 0.15) is 18.9 Å². The second-order valence-electron chi connectivity index (χ2n) is 8.67. The average Bonchev–Trinajstić information content (AvgIpc) is 3.49. The van der Waals surface area contributed by atoms with Crippen LogP contribution >= 0.6 is 0 Å². The minimum Gasteiger partial charge on any atom is -0.312 e. The number of anilines is 1. The van der Waals surface area contributed by atoms with Crippen LogP contribution in [0.3, 0.4) is 0 Å². The molecule has 0 radical (unpaired) electrons. The number of hydrogen-bond acceptors (Lipinski definition) is 4. The molecule has 1 aliphatic rings. The highest BCUT2D eigenvalue weighted by Crippen LogP contribution is 2.33. The summed E-state index contributed by atoms with van der Waals surface area (Å²) in [5.41, 5.74) is 6.25. The Balaban J connectivity index is 1.62. The third kappa shape index (κ3) is 3.12. The van der Waals surface area contributed by atoms with Crippen LogP contribution in [0.15, 0.2) is 71.9 Å². The van der Waals surface area contributed by atoms with Gasteiger partial charge in [-0.05, 0) is 47.9 Å². The molecular weight excluding hydrogens is 426 g/mol. The zero-order valence-electron chi connectivity index (χ0n) is 19.0. The summed E-state index contributed by atoms with van der Waals surface area (Å²) < 4.78 is 3.50. The summed E-state index contributed by atoms with van der Waals surface area (Å²) in [5, 5.41) is 6.05. The van der Waals surface area contributed by atoms with Crippen LogP contribution < -0.4 is 10.5 Å². The Morgan fingerprint density at radius 2 is 1.91 bits per heavy atom. The normalized spacial score (nSPS) is 13.1. The Bertz CT molecular complexity index is 1660. The number of amides is 1. The van der Waals surface area contributed by atoms with Gasteiger partial charge in [0.1, 0.15) is 0 Å². The van der Waals surface area contributed by atoms with Crippen molar-refractivity contribution in [2.24, 2.45) is 7.05 Å². The summed E-state index contributed by atoms with van der Waals surface area (Å²) >= 11 is 0. The highest BCUT2D eigenvalue weighted by atomic mass is 16.2. The minimum absolute atomic E-state index is 0.0944. The lowest BCUT2D eigenvalue weighted by atomic mass is 10.0. The van der Waals surface area contributed by atoms with Crippen molar-refractivity contribution in [3.8, 4) is 16.8 Å². The zero-order chi connectivity index (χ0) is 23.4. The van der Waals surface area contributed by atoms with E-state index in [-0.39, 0.29) is 11.5 Å². The van der Waals surface area contributed by atoms with Gasteiger partial charge < -0.3 is 4.90 Å². The Morgan fingerprint density at radius 1 is 1.03 bits per heavy atom. The van der Waals surface area contributed by atoms with Crippen LogP contribution in [0, 0.1) is 0 Å². The van der Waals surface area contributed by atoms with Crippen LogP contribution in [0.2, 0.25) is 0 Å². The van der Waals surface area contributed by atoms with Gasteiger partial charge in [0.25, 0.3) is 5.56 Å². The second kappa shape index (κ2) is 7.66. The molecule has 0 unspecified atom stereocenters. The quantitative estimate of drug-likeness (QED) is 0.386. The monoisotopic (exact) mass is 449 g/mol. The number of carbonyl (C=O) groups is 1. The summed E-state index contributed by atoms with van der Waals surface area (Å²) in [5.74, 6) is 0.0944. The second-order valence-corrected chi connectivity index (χ2v) is 8.67. The Labute approximate surface area is 195 Å². The summed E-state index contributed by atoms with van der Waals surface area (Å²) in [4.78, 5) is 32.2. The van der Waals surface area contributed by atoms with Gasteiger partial charge in [-0.2, -0.15) is 5.10 Å². The third-order valence-corrected chi connectivity index (χ3v) is 6.58. The SMILES string of the molecule is CCC(=O)N1CCc2ccc(-n3c(=O)ccc4cnc5ccc(-c6cnn(C)c6)cc5c43)cc21. The number of rotatable bonds is 3. The molecule has 0 fully saturated rings. The lowest BCUT2D eigenvalue weighted by Gasteiger charge is -2.18. The molecule has 6 rings (SSSR count). The molecule has 1 amide bonds. The van der Waals surface area contributed by atoms with E-state index in [4.69, 9.17) is 0 Å². The Kier molecular flexibility index (Phi) is 4.58. The first-order valence-corrected chi connectivity index (χ1v) is 11.4. The first-order valence-electron chi connectivity index (χ1n) is 11.4. The van der Waals surface area contributed by atoms with Crippen molar-refractivity contribution in [1.82, 2.24) is 19.3 Å². The maximum Gasteiger partial charge on any atom is 0.255 e. The van der Waals surface area contributed by atoms with E-state index in [2.05, 4.69) is 16.1 Å². The minimum atomic E-state index is -0.127. The highest BCUT2D eigenvalue weighted by molar-refractivity contribution is 6.05. The Morgan fingerprint density at radius 3 is 2.71 bits per heavy atom. The van der Waals surface area contributed by atoms with E-state index in [0.29, 0.717) is 13.0 Å². The fourth-order valence-corrected chi connectivity index (χ4v) is 4.87. The number of carbonyl (C=O) groups excluding carboxylic acids is 1. The summed E-state index contributed by atoms with van der Waals surface area (Å²) in [7, 11) is 1.89. The third-order valence-electron chi connectivity index (χ3n) is 6.58. The van der Waals surface area contributed by atoms with Gasteiger partial charge in [-0.15, -0.1) is 0 Å². The van der Waals surface area contributed by atoms with Crippen molar-refractivity contribution in [2.75, 3.05) is 11.4 Å². The van der Waals surface area contributed by atoms with Crippen molar-refractivity contribution in [3.05, 3.63) is 83.0 Å². The van der Waals surface area contributed by atoms with E-state index in [1.807, 2.05) is 67.7 Å². The van der Waals surface area contributed by atoms with Gasteiger partial charge in [0.15, 0.2) is 0 Å². The average molecular weight is 450 g/mol. The molecule has 0 bridgehead atoms. The van der Waals surface area contributed by atoms with E-state index in [0.717, 1.165) is 56.3 Å². The summed E-state index contributed by atoms with van der Waals surface area (Å²) in [6, 6.07) is 15.4. The number of hydrogen-bond donors (Lipinski definition) is 0. The predicted molar refractivity (Wildman–Crippen MR) is 133 cm³/mol. The molecule has 0 saturated heterocycles. The van der Waals surface area contributed by atoms with Crippen molar-refractivity contribution >= 4 is 33.4 Å². The molecule has 34 heavy (non-hydrogen) atoms. The predicted octanol–water partition coefficient (Wildman–Crippen LogP) is 4.24. The maximum atomic E-state index is 13.3. The molecule has 7 heteroatoms. The van der Waals surface area contributed by atoms with E-state index < -0.39 is 0 Å². The van der Waals surface area contributed by atoms with Crippen LogP contribution in [0.4, 0.5) is 5.69 Å². The lowest BCUT2D eigenvalue weighted by Crippen LogP contribution is -2.28. The van der Waals surface area contributed by atoms with Crippen LogP contribution in [-0.2, 0) is 18.3 Å². The molecule has 0 N–H and O–H groups in total. The van der Waals surface area contributed by atoms with Crippen LogP contribution in [0.25, 0.3) is 38.6 Å². The van der Waals surface area contributed by atoms with Crippen molar-refractivity contribution in [1.29, 1.82) is 0 Å². The number of pyridine rings is 2. The summed E-state index contributed by atoms with van der Waals surface area (Å²) in [6.45, 7) is 2.55. The van der Waals surface area contributed by atoms with Gasteiger partial charge in [0.05, 0.1) is 22.9 Å². The fourth-order valence-electron chi connectivity index (χ4n) is 4.87. The number of aromatic nitrogens is 4. The van der Waals surface area contributed by atoms with E-state index in [1.165, 1.54) is 0 Å². The van der Waals surface area contributed by atoms with Crippen LogP contribution in [0.5, 0.6) is 0 Å². The van der Waals surface area contributed by atoms with Gasteiger partial charge in [0.2, 0.25) is 5.91 Å².